The molecule has 1 amide bonds. The third-order valence-corrected chi connectivity index (χ3v) is 4.88. The first-order valence-corrected chi connectivity index (χ1v) is 9.67. The summed E-state index contributed by atoms with van der Waals surface area (Å²) in [5, 5.41) is 7.12. The summed E-state index contributed by atoms with van der Waals surface area (Å²) in [6.45, 7) is 7.20. The SMILES string of the molecule is CCN(CC)Cc1ccc(C(=O)Nc2cc(Br)ccc2-n2cncn2)cc1. The lowest BCUT2D eigenvalue weighted by Gasteiger charge is -2.18. The maximum atomic E-state index is 12.7. The molecule has 3 aromatic rings. The maximum absolute atomic E-state index is 12.7. The fraction of sp³-hybridized carbons (Fsp3) is 0.250. The van der Waals surface area contributed by atoms with Crippen molar-refractivity contribution in [1.82, 2.24) is 19.7 Å². The molecule has 140 valence electrons. The van der Waals surface area contributed by atoms with Gasteiger partial charge in [0.25, 0.3) is 5.91 Å². The molecule has 1 N–H and O–H groups in total. The van der Waals surface area contributed by atoms with E-state index in [4.69, 9.17) is 0 Å². The van der Waals surface area contributed by atoms with Crippen molar-refractivity contribution in [2.45, 2.75) is 20.4 Å². The summed E-state index contributed by atoms with van der Waals surface area (Å²) in [5.74, 6) is -0.163. The van der Waals surface area contributed by atoms with E-state index >= 15 is 0 Å². The number of nitrogens with zero attached hydrogens (tertiary/aromatic N) is 4. The standard InChI is InChI=1S/C20H22BrN5O/c1-3-25(4-2)12-15-5-7-16(8-6-15)20(27)24-18-11-17(21)9-10-19(18)26-14-22-13-23-26/h5-11,13-14H,3-4,12H2,1-2H3,(H,24,27). The van der Waals surface area contributed by atoms with E-state index in [0.717, 1.165) is 29.8 Å². The Morgan fingerprint density at radius 1 is 1.15 bits per heavy atom. The van der Waals surface area contributed by atoms with Gasteiger partial charge in [-0.2, -0.15) is 5.10 Å². The zero-order chi connectivity index (χ0) is 19.2. The van der Waals surface area contributed by atoms with Gasteiger partial charge in [-0.05, 0) is 49.0 Å². The van der Waals surface area contributed by atoms with Gasteiger partial charge in [-0.3, -0.25) is 9.69 Å². The largest absolute Gasteiger partial charge is 0.320 e. The Balaban J connectivity index is 1.77. The molecule has 1 heterocycles. The molecule has 27 heavy (non-hydrogen) atoms. The van der Waals surface area contributed by atoms with E-state index in [0.29, 0.717) is 11.3 Å². The summed E-state index contributed by atoms with van der Waals surface area (Å²) in [7, 11) is 0. The van der Waals surface area contributed by atoms with Crippen molar-refractivity contribution in [2.24, 2.45) is 0 Å². The highest BCUT2D eigenvalue weighted by molar-refractivity contribution is 9.10. The minimum absolute atomic E-state index is 0.163. The maximum Gasteiger partial charge on any atom is 0.255 e. The van der Waals surface area contributed by atoms with Gasteiger partial charge in [-0.1, -0.05) is 41.9 Å². The number of halogens is 1. The molecule has 0 fully saturated rings. The number of hydrogen-bond acceptors (Lipinski definition) is 4. The van der Waals surface area contributed by atoms with E-state index in [9.17, 15) is 4.79 Å². The molecule has 0 bridgehead atoms. The molecule has 3 rings (SSSR count). The Kier molecular flexibility index (Phi) is 6.36. The van der Waals surface area contributed by atoms with Crippen molar-refractivity contribution < 1.29 is 4.79 Å². The average Bonchev–Trinajstić information content (AvgIpc) is 3.21. The van der Waals surface area contributed by atoms with Crippen molar-refractivity contribution in [3.63, 3.8) is 0 Å². The topological polar surface area (TPSA) is 63.1 Å². The summed E-state index contributed by atoms with van der Waals surface area (Å²) in [4.78, 5) is 19.0. The van der Waals surface area contributed by atoms with Gasteiger partial charge in [-0.15, -0.1) is 0 Å². The minimum Gasteiger partial charge on any atom is -0.320 e. The number of hydrogen-bond donors (Lipinski definition) is 1. The predicted octanol–water partition coefficient (Wildman–Crippen LogP) is 4.12. The van der Waals surface area contributed by atoms with Crippen molar-refractivity contribution >= 4 is 27.5 Å². The van der Waals surface area contributed by atoms with Gasteiger partial charge in [0.15, 0.2) is 0 Å². The Morgan fingerprint density at radius 3 is 2.52 bits per heavy atom. The number of aromatic nitrogens is 3. The molecular weight excluding hydrogens is 406 g/mol. The van der Waals surface area contributed by atoms with Crippen LogP contribution in [0, 0.1) is 0 Å². The molecular formula is C20H22BrN5O. The highest BCUT2D eigenvalue weighted by atomic mass is 79.9. The third-order valence-electron chi connectivity index (χ3n) is 4.39. The number of carbonyl (C=O) groups is 1. The third kappa shape index (κ3) is 4.81. The molecule has 0 aliphatic heterocycles. The number of anilines is 1. The fourth-order valence-electron chi connectivity index (χ4n) is 2.80. The fourth-order valence-corrected chi connectivity index (χ4v) is 3.16. The van der Waals surface area contributed by atoms with Crippen LogP contribution in [0.2, 0.25) is 0 Å². The first kappa shape index (κ1) is 19.3. The average molecular weight is 428 g/mol. The van der Waals surface area contributed by atoms with E-state index in [1.54, 1.807) is 11.0 Å². The van der Waals surface area contributed by atoms with Gasteiger partial charge in [0, 0.05) is 16.6 Å². The van der Waals surface area contributed by atoms with Crippen LogP contribution in [0.25, 0.3) is 5.69 Å². The molecule has 2 aromatic carbocycles. The molecule has 0 aliphatic carbocycles. The summed E-state index contributed by atoms with van der Waals surface area (Å²) in [5.41, 5.74) is 3.22. The van der Waals surface area contributed by atoms with Gasteiger partial charge < -0.3 is 5.32 Å². The first-order valence-electron chi connectivity index (χ1n) is 8.88. The van der Waals surface area contributed by atoms with E-state index in [2.05, 4.69) is 50.1 Å². The second-order valence-electron chi connectivity index (χ2n) is 6.11. The number of amides is 1. The summed E-state index contributed by atoms with van der Waals surface area (Å²) in [6, 6.07) is 13.4. The van der Waals surface area contributed by atoms with E-state index in [-0.39, 0.29) is 5.91 Å². The van der Waals surface area contributed by atoms with E-state index in [1.807, 2.05) is 42.5 Å². The lowest BCUT2D eigenvalue weighted by Crippen LogP contribution is -2.22. The minimum atomic E-state index is -0.163. The smallest absolute Gasteiger partial charge is 0.255 e. The van der Waals surface area contributed by atoms with Crippen molar-refractivity contribution in [3.05, 3.63) is 70.7 Å². The van der Waals surface area contributed by atoms with Crippen LogP contribution in [0.15, 0.2) is 59.6 Å². The molecule has 1 aromatic heterocycles. The van der Waals surface area contributed by atoms with E-state index in [1.165, 1.54) is 11.9 Å². The lowest BCUT2D eigenvalue weighted by molar-refractivity contribution is 0.102. The van der Waals surface area contributed by atoms with Crippen LogP contribution in [0.5, 0.6) is 0 Å². The van der Waals surface area contributed by atoms with Crippen molar-refractivity contribution in [2.75, 3.05) is 18.4 Å². The van der Waals surface area contributed by atoms with Crippen LogP contribution in [0.4, 0.5) is 5.69 Å². The molecule has 0 saturated heterocycles. The Bertz CT molecular complexity index is 889. The summed E-state index contributed by atoms with van der Waals surface area (Å²) in [6.07, 6.45) is 3.06. The Labute approximate surface area is 167 Å². The zero-order valence-corrected chi connectivity index (χ0v) is 17.0. The quantitative estimate of drug-likeness (QED) is 0.615. The van der Waals surface area contributed by atoms with Gasteiger partial charge in [0.05, 0.1) is 11.4 Å². The van der Waals surface area contributed by atoms with Gasteiger partial charge >= 0.3 is 0 Å². The number of carbonyl (C=O) groups excluding carboxylic acids is 1. The van der Waals surface area contributed by atoms with Crippen LogP contribution in [-0.2, 0) is 6.54 Å². The normalized spacial score (nSPS) is 11.0. The molecule has 0 radical (unpaired) electrons. The molecule has 0 aliphatic rings. The van der Waals surface area contributed by atoms with Gasteiger partial charge in [0.2, 0.25) is 0 Å². The zero-order valence-electron chi connectivity index (χ0n) is 15.4. The predicted molar refractivity (Wildman–Crippen MR) is 110 cm³/mol. The van der Waals surface area contributed by atoms with Crippen LogP contribution in [-0.4, -0.2) is 38.7 Å². The summed E-state index contributed by atoms with van der Waals surface area (Å²) < 4.78 is 2.49. The monoisotopic (exact) mass is 427 g/mol. The van der Waals surface area contributed by atoms with Crippen LogP contribution in [0.3, 0.4) is 0 Å². The molecule has 0 spiro atoms. The van der Waals surface area contributed by atoms with Crippen LogP contribution >= 0.6 is 15.9 Å². The Hall–Kier alpha value is -2.51. The number of benzene rings is 2. The molecule has 0 atom stereocenters. The van der Waals surface area contributed by atoms with Gasteiger partial charge in [0.1, 0.15) is 12.7 Å². The molecule has 0 unspecified atom stereocenters. The number of nitrogens with one attached hydrogen (secondary N) is 1. The number of rotatable bonds is 7. The highest BCUT2D eigenvalue weighted by Gasteiger charge is 2.12. The lowest BCUT2D eigenvalue weighted by atomic mass is 10.1. The van der Waals surface area contributed by atoms with Gasteiger partial charge in [-0.25, -0.2) is 9.67 Å². The molecule has 6 nitrogen and oxygen atoms in total. The highest BCUT2D eigenvalue weighted by Crippen LogP contribution is 2.25. The van der Waals surface area contributed by atoms with Crippen molar-refractivity contribution in [3.8, 4) is 5.69 Å². The second-order valence-corrected chi connectivity index (χ2v) is 7.03. The summed E-state index contributed by atoms with van der Waals surface area (Å²) >= 11 is 3.45. The van der Waals surface area contributed by atoms with Crippen LogP contribution < -0.4 is 5.32 Å². The molecule has 7 heteroatoms. The van der Waals surface area contributed by atoms with E-state index < -0.39 is 0 Å². The van der Waals surface area contributed by atoms with Crippen LogP contribution in [0.1, 0.15) is 29.8 Å². The second kappa shape index (κ2) is 8.92. The van der Waals surface area contributed by atoms with Crippen molar-refractivity contribution in [1.29, 1.82) is 0 Å². The molecule has 0 saturated carbocycles. The Morgan fingerprint density at radius 2 is 1.89 bits per heavy atom. The first-order chi connectivity index (χ1) is 13.1.